The van der Waals surface area contributed by atoms with Crippen LogP contribution < -0.4 is 0 Å². The summed E-state index contributed by atoms with van der Waals surface area (Å²) >= 11 is 0. The Hall–Kier alpha value is -2.88. The second kappa shape index (κ2) is 4.35. The molecule has 4 heteroatoms. The molecule has 0 amide bonds. The van der Waals surface area contributed by atoms with Crippen molar-refractivity contribution in [2.75, 3.05) is 0 Å². The van der Waals surface area contributed by atoms with Gasteiger partial charge in [-0.3, -0.25) is 0 Å². The van der Waals surface area contributed by atoms with E-state index in [1.54, 1.807) is 24.3 Å². The van der Waals surface area contributed by atoms with Crippen molar-refractivity contribution < 1.29 is 20.4 Å². The van der Waals surface area contributed by atoms with Crippen molar-refractivity contribution >= 4 is 10.8 Å². The lowest BCUT2D eigenvalue weighted by atomic mass is 9.96. The third kappa shape index (κ3) is 1.78. The summed E-state index contributed by atoms with van der Waals surface area (Å²) in [6.07, 6.45) is 0. The number of phenols is 4. The SMILES string of the molecule is Oc1ccc(O)c(-c2c(O)ccc3c(O)cccc23)c1. The average Bonchev–Trinajstić information content (AvgIpc) is 2.42. The summed E-state index contributed by atoms with van der Waals surface area (Å²) < 4.78 is 0. The van der Waals surface area contributed by atoms with Gasteiger partial charge in [0.2, 0.25) is 0 Å². The molecule has 0 radical (unpaired) electrons. The molecule has 0 atom stereocenters. The summed E-state index contributed by atoms with van der Waals surface area (Å²) in [5, 5.41) is 40.6. The van der Waals surface area contributed by atoms with Crippen molar-refractivity contribution in [3.05, 3.63) is 48.5 Å². The molecular weight excluding hydrogens is 256 g/mol. The number of phenolic OH excluding ortho intramolecular Hbond substituents is 4. The first-order valence-corrected chi connectivity index (χ1v) is 6.04. The first-order chi connectivity index (χ1) is 9.58. The minimum Gasteiger partial charge on any atom is -0.508 e. The molecule has 4 N–H and O–H groups in total. The lowest BCUT2D eigenvalue weighted by Gasteiger charge is -2.12. The van der Waals surface area contributed by atoms with Crippen LogP contribution in [-0.4, -0.2) is 20.4 Å². The van der Waals surface area contributed by atoms with Crippen LogP contribution in [0.5, 0.6) is 23.0 Å². The van der Waals surface area contributed by atoms with Crippen LogP contribution in [0.1, 0.15) is 0 Å². The zero-order chi connectivity index (χ0) is 14.3. The summed E-state index contributed by atoms with van der Waals surface area (Å²) in [7, 11) is 0. The molecule has 0 saturated heterocycles. The lowest BCUT2D eigenvalue weighted by molar-refractivity contribution is 0.459. The molecule has 0 aromatic heterocycles. The third-order valence-electron chi connectivity index (χ3n) is 3.27. The fourth-order valence-electron chi connectivity index (χ4n) is 2.34. The molecule has 0 unspecified atom stereocenters. The highest BCUT2D eigenvalue weighted by Gasteiger charge is 2.15. The second-order valence-electron chi connectivity index (χ2n) is 4.53. The predicted octanol–water partition coefficient (Wildman–Crippen LogP) is 3.33. The molecule has 100 valence electrons. The van der Waals surface area contributed by atoms with Gasteiger partial charge in [0, 0.05) is 16.5 Å². The summed E-state index contributed by atoms with van der Waals surface area (Å²) in [4.78, 5) is 0. The van der Waals surface area contributed by atoms with Crippen molar-refractivity contribution in [2.45, 2.75) is 0 Å². The zero-order valence-electron chi connectivity index (χ0n) is 10.4. The highest BCUT2D eigenvalue weighted by molar-refractivity contribution is 6.03. The van der Waals surface area contributed by atoms with Crippen LogP contribution in [0.4, 0.5) is 0 Å². The van der Waals surface area contributed by atoms with E-state index in [0.29, 0.717) is 21.9 Å². The minimum atomic E-state index is -0.0612. The number of hydrogen-bond acceptors (Lipinski definition) is 4. The smallest absolute Gasteiger partial charge is 0.124 e. The van der Waals surface area contributed by atoms with Gasteiger partial charge in [0.05, 0.1) is 0 Å². The van der Waals surface area contributed by atoms with E-state index in [1.165, 1.54) is 24.3 Å². The Balaban J connectivity index is 2.44. The molecule has 0 spiro atoms. The molecule has 4 nitrogen and oxygen atoms in total. The highest BCUT2D eigenvalue weighted by atomic mass is 16.3. The van der Waals surface area contributed by atoms with Crippen LogP contribution in [0.3, 0.4) is 0 Å². The topological polar surface area (TPSA) is 80.9 Å². The van der Waals surface area contributed by atoms with E-state index < -0.39 is 0 Å². The van der Waals surface area contributed by atoms with E-state index in [1.807, 2.05) is 0 Å². The lowest BCUT2D eigenvalue weighted by Crippen LogP contribution is -1.84. The van der Waals surface area contributed by atoms with Crippen LogP contribution in [0.15, 0.2) is 48.5 Å². The van der Waals surface area contributed by atoms with E-state index in [0.717, 1.165) is 0 Å². The Labute approximate surface area is 114 Å². The summed E-state index contributed by atoms with van der Waals surface area (Å²) in [5.74, 6) is -0.0318. The maximum atomic E-state index is 10.1. The van der Waals surface area contributed by atoms with Crippen molar-refractivity contribution in [1.29, 1.82) is 0 Å². The van der Waals surface area contributed by atoms with E-state index in [-0.39, 0.29) is 23.0 Å². The van der Waals surface area contributed by atoms with Crippen LogP contribution in [0.2, 0.25) is 0 Å². The van der Waals surface area contributed by atoms with E-state index in [2.05, 4.69) is 0 Å². The monoisotopic (exact) mass is 268 g/mol. The summed E-state index contributed by atoms with van der Waals surface area (Å²) in [5.41, 5.74) is 0.672. The maximum Gasteiger partial charge on any atom is 0.124 e. The van der Waals surface area contributed by atoms with Gasteiger partial charge in [0.1, 0.15) is 23.0 Å². The Morgan fingerprint density at radius 1 is 0.600 bits per heavy atom. The first-order valence-electron chi connectivity index (χ1n) is 6.04. The van der Waals surface area contributed by atoms with E-state index in [4.69, 9.17) is 0 Å². The number of fused-ring (bicyclic) bond motifs is 1. The highest BCUT2D eigenvalue weighted by Crippen LogP contribution is 2.43. The van der Waals surface area contributed by atoms with Gasteiger partial charge in [-0.15, -0.1) is 0 Å². The number of rotatable bonds is 1. The number of benzene rings is 3. The van der Waals surface area contributed by atoms with Crippen molar-refractivity contribution in [1.82, 2.24) is 0 Å². The standard InChI is InChI=1S/C16H12O4/c17-9-4-6-14(19)12(8-9)16-11-2-1-3-13(18)10(11)5-7-15(16)20/h1-8,17-20H. The molecule has 0 saturated carbocycles. The maximum absolute atomic E-state index is 10.1. The molecule has 3 aromatic rings. The Kier molecular flexibility index (Phi) is 2.64. The van der Waals surface area contributed by atoms with Gasteiger partial charge < -0.3 is 20.4 Å². The third-order valence-corrected chi connectivity index (χ3v) is 3.27. The molecular formula is C16H12O4. The molecule has 0 aliphatic heterocycles. The Bertz CT molecular complexity index is 809. The van der Waals surface area contributed by atoms with Gasteiger partial charge in [-0.2, -0.15) is 0 Å². The average molecular weight is 268 g/mol. The number of hydrogen-bond donors (Lipinski definition) is 4. The second-order valence-corrected chi connectivity index (χ2v) is 4.53. The molecule has 20 heavy (non-hydrogen) atoms. The van der Waals surface area contributed by atoms with E-state index >= 15 is 0 Å². The normalized spacial score (nSPS) is 10.8. The summed E-state index contributed by atoms with van der Waals surface area (Å²) in [6.45, 7) is 0. The van der Waals surface area contributed by atoms with Crippen molar-refractivity contribution in [2.24, 2.45) is 0 Å². The minimum absolute atomic E-state index is 0.0191. The van der Waals surface area contributed by atoms with Gasteiger partial charge in [-0.05, 0) is 41.8 Å². The Morgan fingerprint density at radius 2 is 1.35 bits per heavy atom. The van der Waals surface area contributed by atoms with Gasteiger partial charge >= 0.3 is 0 Å². The van der Waals surface area contributed by atoms with Gasteiger partial charge in [0.25, 0.3) is 0 Å². The number of aromatic hydroxyl groups is 4. The first kappa shape index (κ1) is 12.2. The van der Waals surface area contributed by atoms with Crippen LogP contribution in [0.25, 0.3) is 21.9 Å². The van der Waals surface area contributed by atoms with Crippen LogP contribution >= 0.6 is 0 Å². The predicted molar refractivity (Wildman–Crippen MR) is 76.0 cm³/mol. The quantitative estimate of drug-likeness (QED) is 0.510. The molecule has 0 fully saturated rings. The molecule has 0 aliphatic carbocycles. The Morgan fingerprint density at radius 3 is 2.15 bits per heavy atom. The van der Waals surface area contributed by atoms with Crippen molar-refractivity contribution in [3.8, 4) is 34.1 Å². The molecule has 0 bridgehead atoms. The van der Waals surface area contributed by atoms with Gasteiger partial charge in [-0.1, -0.05) is 12.1 Å². The fourth-order valence-corrected chi connectivity index (χ4v) is 2.34. The molecule has 3 aromatic carbocycles. The largest absolute Gasteiger partial charge is 0.508 e. The van der Waals surface area contributed by atoms with E-state index in [9.17, 15) is 20.4 Å². The van der Waals surface area contributed by atoms with Crippen LogP contribution in [0, 0.1) is 0 Å². The summed E-state index contributed by atoms with van der Waals surface area (Å²) in [6, 6.07) is 12.1. The van der Waals surface area contributed by atoms with Crippen molar-refractivity contribution in [3.63, 3.8) is 0 Å². The van der Waals surface area contributed by atoms with Gasteiger partial charge in [-0.25, -0.2) is 0 Å². The fraction of sp³-hybridized carbons (Fsp3) is 0. The zero-order valence-corrected chi connectivity index (χ0v) is 10.4. The molecule has 3 rings (SSSR count). The molecule has 0 aliphatic rings. The molecule has 0 heterocycles. The van der Waals surface area contributed by atoms with Crippen LogP contribution in [-0.2, 0) is 0 Å². The van der Waals surface area contributed by atoms with Gasteiger partial charge in [0.15, 0.2) is 0 Å².